The Morgan fingerprint density at radius 2 is 1.50 bits per heavy atom. The maximum atomic E-state index is 2.48. The molecule has 0 fully saturated rings. The molecule has 0 aromatic carbocycles. The van der Waals surface area contributed by atoms with Gasteiger partial charge in [-0.3, -0.25) is 0 Å². The van der Waals surface area contributed by atoms with E-state index in [0.717, 1.165) is 0 Å². The first kappa shape index (κ1) is 14.0. The fourth-order valence-electron chi connectivity index (χ4n) is 1.58. The molecule has 0 aromatic rings. The highest BCUT2D eigenvalue weighted by Crippen LogP contribution is 2.08. The monoisotopic (exact) mass is 198 g/mol. The molecule has 0 unspecified atom stereocenters. The van der Waals surface area contributed by atoms with E-state index in [-0.39, 0.29) is 0 Å². The van der Waals surface area contributed by atoms with Gasteiger partial charge >= 0.3 is 0 Å². The first-order chi connectivity index (χ1) is 6.77. The Morgan fingerprint density at radius 1 is 0.857 bits per heavy atom. The smallest absolute Gasteiger partial charge is 0.00248 e. The van der Waals surface area contributed by atoms with E-state index in [1.54, 1.807) is 0 Å². The average molecular weight is 198 g/mol. The topological polar surface area (TPSA) is 3.24 Å². The molecule has 0 saturated carbocycles. The molecule has 0 aliphatic rings. The van der Waals surface area contributed by atoms with Crippen LogP contribution < -0.4 is 0 Å². The van der Waals surface area contributed by atoms with Crippen LogP contribution in [0.4, 0.5) is 0 Å². The molecule has 1 nitrogen and oxygen atoms in total. The third-order valence-corrected chi connectivity index (χ3v) is 2.53. The van der Waals surface area contributed by atoms with Gasteiger partial charge in [0.1, 0.15) is 0 Å². The largest absolute Gasteiger partial charge is 0.309 e. The second-order valence-electron chi connectivity index (χ2n) is 4.44. The number of hydrogen-bond acceptors (Lipinski definition) is 1. The van der Waals surface area contributed by atoms with Gasteiger partial charge in [-0.2, -0.15) is 0 Å². The molecule has 0 N–H and O–H groups in total. The molecule has 0 saturated heterocycles. The summed E-state index contributed by atoms with van der Waals surface area (Å²) < 4.78 is 0. The van der Waals surface area contributed by atoms with Crippen molar-refractivity contribution in [1.29, 1.82) is 0 Å². The second kappa shape index (κ2) is 11.0. The molecule has 14 heavy (non-hydrogen) atoms. The van der Waals surface area contributed by atoms with Crippen LogP contribution in [0.15, 0.2) is 0 Å². The van der Waals surface area contributed by atoms with E-state index in [1.165, 1.54) is 57.9 Å². The fraction of sp³-hybridized carbons (Fsp3) is 0.923. The van der Waals surface area contributed by atoms with E-state index in [2.05, 4.69) is 32.3 Å². The fourth-order valence-corrected chi connectivity index (χ4v) is 1.58. The Balaban J connectivity index is 2.85. The number of unbranched alkanes of at least 4 members (excludes halogenated alkanes) is 8. The molecule has 0 aliphatic carbocycles. The highest BCUT2D eigenvalue weighted by molar-refractivity contribution is 4.64. The molecule has 1 radical (unpaired) electrons. The van der Waals surface area contributed by atoms with Gasteiger partial charge in [-0.15, -0.1) is 0 Å². The predicted octanol–water partition coefficient (Wildman–Crippen LogP) is 3.89. The highest BCUT2D eigenvalue weighted by Gasteiger charge is 1.93. The van der Waals surface area contributed by atoms with Crippen LogP contribution in [0.1, 0.15) is 58.3 Å². The first-order valence-corrected chi connectivity index (χ1v) is 6.23. The van der Waals surface area contributed by atoms with Gasteiger partial charge in [-0.25, -0.2) is 0 Å². The zero-order valence-corrected chi connectivity index (χ0v) is 10.4. The number of hydrogen-bond donors (Lipinski definition) is 0. The minimum Gasteiger partial charge on any atom is -0.309 e. The molecular formula is C13H28N. The van der Waals surface area contributed by atoms with Crippen molar-refractivity contribution in [2.24, 2.45) is 0 Å². The SMILES string of the molecule is CCCCC[CH]CCCCCN(C)C. The van der Waals surface area contributed by atoms with Crippen LogP contribution in [0.2, 0.25) is 0 Å². The standard InChI is InChI=1S/C13H28N/c1-4-5-6-7-8-9-10-11-12-13-14(2)3/h8H,4-7,9-13H2,1-3H3. The molecular weight excluding hydrogens is 170 g/mol. The Bertz CT molecular complexity index is 99.4. The lowest BCUT2D eigenvalue weighted by molar-refractivity contribution is 0.391. The van der Waals surface area contributed by atoms with Crippen molar-refractivity contribution in [3.63, 3.8) is 0 Å². The van der Waals surface area contributed by atoms with Crippen molar-refractivity contribution < 1.29 is 0 Å². The Labute approximate surface area is 90.9 Å². The van der Waals surface area contributed by atoms with Crippen LogP contribution in [-0.4, -0.2) is 25.5 Å². The molecule has 0 spiro atoms. The van der Waals surface area contributed by atoms with Crippen molar-refractivity contribution in [2.45, 2.75) is 58.3 Å². The van der Waals surface area contributed by atoms with Crippen molar-refractivity contribution in [3.8, 4) is 0 Å². The molecule has 0 bridgehead atoms. The van der Waals surface area contributed by atoms with Crippen LogP contribution in [-0.2, 0) is 0 Å². The molecule has 0 amide bonds. The maximum Gasteiger partial charge on any atom is -0.00248 e. The summed E-state index contributed by atoms with van der Waals surface area (Å²) in [6.45, 7) is 3.51. The van der Waals surface area contributed by atoms with Crippen molar-refractivity contribution in [2.75, 3.05) is 20.6 Å². The lowest BCUT2D eigenvalue weighted by Crippen LogP contribution is -2.12. The summed E-state index contributed by atoms with van der Waals surface area (Å²) in [6, 6.07) is 0. The van der Waals surface area contributed by atoms with Gasteiger partial charge in [-0.05, 0) is 33.5 Å². The summed E-state index contributed by atoms with van der Waals surface area (Å²) in [7, 11) is 4.30. The van der Waals surface area contributed by atoms with E-state index in [0.29, 0.717) is 0 Å². The zero-order chi connectivity index (χ0) is 10.6. The van der Waals surface area contributed by atoms with Gasteiger partial charge in [0.05, 0.1) is 0 Å². The predicted molar refractivity (Wildman–Crippen MR) is 65.5 cm³/mol. The number of rotatable bonds is 10. The van der Waals surface area contributed by atoms with Crippen LogP contribution in [0.5, 0.6) is 0 Å². The van der Waals surface area contributed by atoms with E-state index in [4.69, 9.17) is 0 Å². The second-order valence-corrected chi connectivity index (χ2v) is 4.44. The summed E-state index contributed by atoms with van der Waals surface area (Å²) in [5.74, 6) is 0. The maximum absolute atomic E-state index is 2.48. The average Bonchev–Trinajstić information content (AvgIpc) is 2.15. The normalized spacial score (nSPS) is 11.1. The van der Waals surface area contributed by atoms with Gasteiger partial charge < -0.3 is 4.90 Å². The summed E-state index contributed by atoms with van der Waals surface area (Å²) in [4.78, 5) is 2.27. The molecule has 0 rings (SSSR count). The molecule has 1 heteroatoms. The summed E-state index contributed by atoms with van der Waals surface area (Å²) >= 11 is 0. The van der Waals surface area contributed by atoms with Gasteiger partial charge in [0.2, 0.25) is 0 Å². The van der Waals surface area contributed by atoms with Crippen LogP contribution in [0, 0.1) is 6.42 Å². The Morgan fingerprint density at radius 3 is 2.07 bits per heavy atom. The van der Waals surface area contributed by atoms with Crippen molar-refractivity contribution in [3.05, 3.63) is 6.42 Å². The van der Waals surface area contributed by atoms with Gasteiger partial charge in [0.15, 0.2) is 0 Å². The van der Waals surface area contributed by atoms with Gasteiger partial charge in [-0.1, -0.05) is 51.9 Å². The molecule has 0 aliphatic heterocycles. The third-order valence-electron chi connectivity index (χ3n) is 2.53. The van der Waals surface area contributed by atoms with Crippen molar-refractivity contribution >= 4 is 0 Å². The van der Waals surface area contributed by atoms with Gasteiger partial charge in [0.25, 0.3) is 0 Å². The van der Waals surface area contributed by atoms with Gasteiger partial charge in [0, 0.05) is 0 Å². The molecule has 0 atom stereocenters. The van der Waals surface area contributed by atoms with Crippen LogP contribution >= 0.6 is 0 Å². The molecule has 0 heterocycles. The zero-order valence-electron chi connectivity index (χ0n) is 10.4. The van der Waals surface area contributed by atoms with E-state index < -0.39 is 0 Å². The molecule has 0 aromatic heterocycles. The number of nitrogens with zero attached hydrogens (tertiary/aromatic N) is 1. The third kappa shape index (κ3) is 12.0. The minimum atomic E-state index is 1.25. The minimum absolute atomic E-state index is 1.25. The lowest BCUT2D eigenvalue weighted by atomic mass is 10.1. The lowest BCUT2D eigenvalue weighted by Gasteiger charge is -2.08. The van der Waals surface area contributed by atoms with E-state index >= 15 is 0 Å². The van der Waals surface area contributed by atoms with Crippen molar-refractivity contribution in [1.82, 2.24) is 4.90 Å². The Kier molecular flexibility index (Phi) is 11.0. The summed E-state index contributed by atoms with van der Waals surface area (Å²) in [5.41, 5.74) is 0. The van der Waals surface area contributed by atoms with E-state index in [1.807, 2.05) is 0 Å². The first-order valence-electron chi connectivity index (χ1n) is 6.23. The quantitative estimate of drug-likeness (QED) is 0.481. The molecule has 85 valence electrons. The van der Waals surface area contributed by atoms with E-state index in [9.17, 15) is 0 Å². The summed E-state index contributed by atoms with van der Waals surface area (Å²) in [5, 5.41) is 0. The highest BCUT2D eigenvalue weighted by atomic mass is 15.0. The van der Waals surface area contributed by atoms with Crippen LogP contribution in [0.25, 0.3) is 0 Å². The summed E-state index contributed by atoms with van der Waals surface area (Å²) in [6.07, 6.45) is 13.4. The van der Waals surface area contributed by atoms with Crippen LogP contribution in [0.3, 0.4) is 0 Å². The Hall–Kier alpha value is -0.0400.